The maximum atomic E-state index is 5.78. The first-order chi connectivity index (χ1) is 7.11. The van der Waals surface area contributed by atoms with E-state index in [1.807, 2.05) is 0 Å². The van der Waals surface area contributed by atoms with Crippen LogP contribution in [0.5, 0.6) is 5.75 Å². The molecule has 0 amide bonds. The van der Waals surface area contributed by atoms with E-state index >= 15 is 0 Å². The van der Waals surface area contributed by atoms with E-state index in [1.54, 1.807) is 0 Å². The van der Waals surface area contributed by atoms with Crippen molar-refractivity contribution in [2.24, 2.45) is 0 Å². The third-order valence-corrected chi connectivity index (χ3v) is 3.13. The summed E-state index contributed by atoms with van der Waals surface area (Å²) < 4.78 is 5.78. The van der Waals surface area contributed by atoms with Gasteiger partial charge in [0, 0.05) is 12.0 Å². The van der Waals surface area contributed by atoms with Gasteiger partial charge in [0.2, 0.25) is 0 Å². The second kappa shape index (κ2) is 3.88. The van der Waals surface area contributed by atoms with Crippen molar-refractivity contribution in [3.63, 3.8) is 0 Å². The van der Waals surface area contributed by atoms with Gasteiger partial charge in [-0.1, -0.05) is 39.8 Å². The van der Waals surface area contributed by atoms with Crippen molar-refractivity contribution < 1.29 is 4.74 Å². The average molecular weight is 204 g/mol. The molecule has 0 saturated heterocycles. The largest absolute Gasteiger partial charge is 0.493 e. The predicted octanol–water partition coefficient (Wildman–Crippen LogP) is 3.87. The molecule has 1 aromatic rings. The van der Waals surface area contributed by atoms with E-state index in [-0.39, 0.29) is 0 Å². The van der Waals surface area contributed by atoms with Crippen LogP contribution in [0.25, 0.3) is 0 Å². The highest BCUT2D eigenvalue weighted by molar-refractivity contribution is 5.51. The van der Waals surface area contributed by atoms with Crippen molar-refractivity contribution in [2.45, 2.75) is 46.0 Å². The number of fused-ring (bicyclic) bond motifs is 1. The lowest BCUT2D eigenvalue weighted by Crippen LogP contribution is -2.01. The molecule has 1 aliphatic heterocycles. The quantitative estimate of drug-likeness (QED) is 0.710. The first kappa shape index (κ1) is 10.5. The van der Waals surface area contributed by atoms with E-state index in [2.05, 4.69) is 39.8 Å². The fourth-order valence-electron chi connectivity index (χ4n) is 2.39. The maximum absolute atomic E-state index is 5.78. The molecule has 0 fully saturated rings. The van der Waals surface area contributed by atoms with Gasteiger partial charge in [0.05, 0.1) is 6.61 Å². The summed E-state index contributed by atoms with van der Waals surface area (Å²) in [6.07, 6.45) is 1.08. The van der Waals surface area contributed by atoms with Gasteiger partial charge in [0.1, 0.15) is 5.75 Å². The fraction of sp³-hybridized carbons (Fsp3) is 0.571. The average Bonchev–Trinajstić information content (AvgIpc) is 2.62. The van der Waals surface area contributed by atoms with E-state index in [1.165, 1.54) is 22.4 Å². The molecule has 0 aromatic heterocycles. The van der Waals surface area contributed by atoms with Crippen molar-refractivity contribution >= 4 is 0 Å². The van der Waals surface area contributed by atoms with Gasteiger partial charge in [-0.2, -0.15) is 0 Å². The summed E-state index contributed by atoms with van der Waals surface area (Å²) in [4.78, 5) is 0. The Kier molecular flexibility index (Phi) is 2.72. The minimum atomic E-state index is 0.551. The molecule has 0 saturated carbocycles. The molecule has 0 bridgehead atoms. The van der Waals surface area contributed by atoms with E-state index in [0.717, 1.165) is 13.0 Å². The van der Waals surface area contributed by atoms with Crippen LogP contribution in [0.15, 0.2) is 12.1 Å². The molecule has 0 spiro atoms. The smallest absolute Gasteiger partial charge is 0.126 e. The number of ether oxygens (including phenoxy) is 1. The molecule has 1 aliphatic rings. The Hall–Kier alpha value is -0.980. The number of rotatable bonds is 2. The van der Waals surface area contributed by atoms with Crippen LogP contribution in [0.1, 0.15) is 56.2 Å². The van der Waals surface area contributed by atoms with Crippen LogP contribution in [0.4, 0.5) is 0 Å². The molecule has 0 aliphatic carbocycles. The molecular weight excluding hydrogens is 184 g/mol. The first-order valence-electron chi connectivity index (χ1n) is 5.89. The highest BCUT2D eigenvalue weighted by Gasteiger charge is 2.22. The van der Waals surface area contributed by atoms with Crippen molar-refractivity contribution in [2.75, 3.05) is 6.61 Å². The third-order valence-electron chi connectivity index (χ3n) is 3.13. The second-order valence-electron chi connectivity index (χ2n) is 4.96. The third kappa shape index (κ3) is 1.75. The fourth-order valence-corrected chi connectivity index (χ4v) is 2.39. The topological polar surface area (TPSA) is 9.23 Å². The standard InChI is InChI=1S/C14H20O/c1-9(2)12-6-5-11-7-8-15-14(11)13(12)10(3)4/h5-6,9-10H,7-8H2,1-4H3. The summed E-state index contributed by atoms with van der Waals surface area (Å²) in [7, 11) is 0. The predicted molar refractivity (Wildman–Crippen MR) is 63.8 cm³/mol. The van der Waals surface area contributed by atoms with Gasteiger partial charge in [-0.05, 0) is 23.0 Å². The van der Waals surface area contributed by atoms with Crippen molar-refractivity contribution in [3.05, 3.63) is 28.8 Å². The van der Waals surface area contributed by atoms with Gasteiger partial charge in [0.25, 0.3) is 0 Å². The summed E-state index contributed by atoms with van der Waals surface area (Å²) in [5.74, 6) is 2.31. The zero-order valence-corrected chi connectivity index (χ0v) is 10.1. The zero-order valence-electron chi connectivity index (χ0n) is 10.1. The van der Waals surface area contributed by atoms with Crippen LogP contribution >= 0.6 is 0 Å². The first-order valence-corrected chi connectivity index (χ1v) is 5.89. The van der Waals surface area contributed by atoms with Crippen LogP contribution < -0.4 is 4.74 Å². The van der Waals surface area contributed by atoms with Gasteiger partial charge < -0.3 is 4.74 Å². The molecule has 82 valence electrons. The molecule has 15 heavy (non-hydrogen) atoms. The molecule has 0 atom stereocenters. The molecule has 1 heteroatoms. The molecule has 0 radical (unpaired) electrons. The van der Waals surface area contributed by atoms with Gasteiger partial charge in [-0.3, -0.25) is 0 Å². The lowest BCUT2D eigenvalue weighted by Gasteiger charge is -2.19. The van der Waals surface area contributed by atoms with Crippen molar-refractivity contribution in [1.82, 2.24) is 0 Å². The van der Waals surface area contributed by atoms with Gasteiger partial charge in [-0.15, -0.1) is 0 Å². The number of hydrogen-bond acceptors (Lipinski definition) is 1. The van der Waals surface area contributed by atoms with Gasteiger partial charge in [-0.25, -0.2) is 0 Å². The Morgan fingerprint density at radius 3 is 2.40 bits per heavy atom. The molecule has 0 N–H and O–H groups in total. The Bertz CT molecular complexity index is 364. The summed E-state index contributed by atoms with van der Waals surface area (Å²) in [6.45, 7) is 9.87. The van der Waals surface area contributed by atoms with Crippen LogP contribution in [0.2, 0.25) is 0 Å². The van der Waals surface area contributed by atoms with Crippen LogP contribution in [-0.4, -0.2) is 6.61 Å². The highest BCUT2D eigenvalue weighted by Crippen LogP contribution is 2.39. The Balaban J connectivity index is 2.58. The summed E-state index contributed by atoms with van der Waals surface area (Å²) >= 11 is 0. The molecule has 1 heterocycles. The summed E-state index contributed by atoms with van der Waals surface area (Å²) in [5, 5.41) is 0. The van der Waals surface area contributed by atoms with Crippen molar-refractivity contribution in [3.8, 4) is 5.75 Å². The Labute approximate surface area is 92.5 Å². The molecule has 1 nitrogen and oxygen atoms in total. The lowest BCUT2D eigenvalue weighted by atomic mass is 9.88. The highest BCUT2D eigenvalue weighted by atomic mass is 16.5. The van der Waals surface area contributed by atoms with Gasteiger partial charge >= 0.3 is 0 Å². The number of hydrogen-bond donors (Lipinski definition) is 0. The lowest BCUT2D eigenvalue weighted by molar-refractivity contribution is 0.351. The minimum absolute atomic E-state index is 0.551. The Morgan fingerprint density at radius 2 is 1.80 bits per heavy atom. The van der Waals surface area contributed by atoms with E-state index in [4.69, 9.17) is 4.74 Å². The van der Waals surface area contributed by atoms with Crippen LogP contribution in [0, 0.1) is 0 Å². The van der Waals surface area contributed by atoms with Crippen molar-refractivity contribution in [1.29, 1.82) is 0 Å². The molecule has 0 unspecified atom stereocenters. The summed E-state index contributed by atoms with van der Waals surface area (Å²) in [6, 6.07) is 4.52. The van der Waals surface area contributed by atoms with Crippen LogP contribution in [0.3, 0.4) is 0 Å². The molecule has 1 aromatic carbocycles. The SMILES string of the molecule is CC(C)c1ccc2c(c1C(C)C)OCC2. The Morgan fingerprint density at radius 1 is 1.07 bits per heavy atom. The number of benzene rings is 1. The molecule has 2 rings (SSSR count). The zero-order chi connectivity index (χ0) is 11.0. The maximum Gasteiger partial charge on any atom is 0.126 e. The van der Waals surface area contributed by atoms with Crippen LogP contribution in [-0.2, 0) is 6.42 Å². The van der Waals surface area contributed by atoms with E-state index < -0.39 is 0 Å². The monoisotopic (exact) mass is 204 g/mol. The second-order valence-corrected chi connectivity index (χ2v) is 4.96. The van der Waals surface area contributed by atoms with E-state index in [9.17, 15) is 0 Å². The minimum Gasteiger partial charge on any atom is -0.493 e. The normalized spacial score (nSPS) is 14.5. The molecular formula is C14H20O. The van der Waals surface area contributed by atoms with Gasteiger partial charge in [0.15, 0.2) is 0 Å². The van der Waals surface area contributed by atoms with E-state index in [0.29, 0.717) is 11.8 Å². The summed E-state index contributed by atoms with van der Waals surface area (Å²) in [5.41, 5.74) is 4.27.